The average molecular weight is 318 g/mol. The lowest BCUT2D eigenvalue weighted by molar-refractivity contribution is -0.0111. The number of hydrogen-bond donors (Lipinski definition) is 1. The van der Waals surface area contributed by atoms with Crippen LogP contribution >= 0.6 is 27.3 Å². The monoisotopic (exact) mass is 317 g/mol. The van der Waals surface area contributed by atoms with Gasteiger partial charge in [0.2, 0.25) is 0 Å². The molecule has 4 heteroatoms. The molecule has 0 aromatic carbocycles. The standard InChI is InChI=1S/C13H20BrNOS/c1-4-15-12(13(3)6-5-7-16-13)11-8-10(14)9(2)17-11/h8,12,15H,4-7H2,1-3H3. The van der Waals surface area contributed by atoms with E-state index in [-0.39, 0.29) is 5.60 Å². The number of ether oxygens (including phenoxy) is 1. The number of hydrogen-bond acceptors (Lipinski definition) is 3. The van der Waals surface area contributed by atoms with Gasteiger partial charge in [0.15, 0.2) is 0 Å². The van der Waals surface area contributed by atoms with Gasteiger partial charge in [0.1, 0.15) is 0 Å². The third-order valence-corrected chi connectivity index (χ3v) is 5.63. The number of likely N-dealkylation sites (N-methyl/N-ethyl adjacent to an activating group) is 1. The fourth-order valence-electron chi connectivity index (χ4n) is 2.47. The molecule has 0 saturated carbocycles. The molecule has 1 aromatic rings. The average Bonchev–Trinajstić information content (AvgIpc) is 2.84. The number of thiophene rings is 1. The van der Waals surface area contributed by atoms with Gasteiger partial charge in [-0.3, -0.25) is 0 Å². The zero-order chi connectivity index (χ0) is 12.5. The summed E-state index contributed by atoms with van der Waals surface area (Å²) in [5.41, 5.74) is -0.0489. The van der Waals surface area contributed by atoms with Crippen LogP contribution in [0.25, 0.3) is 0 Å². The van der Waals surface area contributed by atoms with Crippen molar-refractivity contribution in [3.05, 3.63) is 20.3 Å². The van der Waals surface area contributed by atoms with E-state index < -0.39 is 0 Å². The molecule has 0 spiro atoms. The third kappa shape index (κ3) is 2.75. The van der Waals surface area contributed by atoms with Crippen LogP contribution in [0.2, 0.25) is 0 Å². The minimum Gasteiger partial charge on any atom is -0.373 e. The number of rotatable bonds is 4. The highest BCUT2D eigenvalue weighted by molar-refractivity contribution is 9.10. The summed E-state index contributed by atoms with van der Waals surface area (Å²) in [7, 11) is 0. The van der Waals surface area contributed by atoms with Crippen LogP contribution in [-0.2, 0) is 4.74 Å². The summed E-state index contributed by atoms with van der Waals surface area (Å²) in [6, 6.07) is 2.55. The van der Waals surface area contributed by atoms with Gasteiger partial charge in [-0.05, 0) is 55.2 Å². The second-order valence-electron chi connectivity index (χ2n) is 4.81. The van der Waals surface area contributed by atoms with Crippen LogP contribution in [0, 0.1) is 6.92 Å². The Morgan fingerprint density at radius 2 is 2.41 bits per heavy atom. The molecule has 1 aliphatic heterocycles. The molecule has 2 rings (SSSR count). The van der Waals surface area contributed by atoms with E-state index in [0.29, 0.717) is 6.04 Å². The van der Waals surface area contributed by atoms with E-state index >= 15 is 0 Å². The summed E-state index contributed by atoms with van der Waals surface area (Å²) in [4.78, 5) is 2.71. The molecule has 1 fully saturated rings. The molecular weight excluding hydrogens is 298 g/mol. The van der Waals surface area contributed by atoms with Crippen LogP contribution in [0.1, 0.15) is 42.5 Å². The van der Waals surface area contributed by atoms with Gasteiger partial charge in [0.25, 0.3) is 0 Å². The molecular formula is C13H20BrNOS. The Morgan fingerprint density at radius 1 is 1.65 bits per heavy atom. The molecule has 0 bridgehead atoms. The van der Waals surface area contributed by atoms with Crippen LogP contribution < -0.4 is 5.32 Å². The fourth-order valence-corrected chi connectivity index (χ4v) is 4.25. The molecule has 2 atom stereocenters. The van der Waals surface area contributed by atoms with Crippen molar-refractivity contribution in [2.45, 2.75) is 45.3 Å². The Balaban J connectivity index is 2.28. The number of aryl methyl sites for hydroxylation is 1. The van der Waals surface area contributed by atoms with Crippen LogP contribution in [0.3, 0.4) is 0 Å². The van der Waals surface area contributed by atoms with Gasteiger partial charge in [-0.25, -0.2) is 0 Å². The minimum absolute atomic E-state index is 0.0489. The molecule has 1 N–H and O–H groups in total. The Bertz CT molecular complexity index is 365. The third-order valence-electron chi connectivity index (χ3n) is 3.43. The van der Waals surface area contributed by atoms with E-state index in [9.17, 15) is 0 Å². The van der Waals surface area contributed by atoms with Crippen molar-refractivity contribution in [2.24, 2.45) is 0 Å². The fraction of sp³-hybridized carbons (Fsp3) is 0.692. The summed E-state index contributed by atoms with van der Waals surface area (Å²) in [6.07, 6.45) is 2.31. The van der Waals surface area contributed by atoms with Crippen molar-refractivity contribution < 1.29 is 4.74 Å². The molecule has 17 heavy (non-hydrogen) atoms. The second kappa shape index (κ2) is 5.39. The Morgan fingerprint density at radius 3 is 2.88 bits per heavy atom. The highest BCUT2D eigenvalue weighted by Crippen LogP contribution is 2.41. The van der Waals surface area contributed by atoms with Crippen molar-refractivity contribution in [1.82, 2.24) is 5.32 Å². The first-order chi connectivity index (χ1) is 8.07. The molecule has 2 heterocycles. The molecule has 1 saturated heterocycles. The smallest absolute Gasteiger partial charge is 0.0857 e. The van der Waals surface area contributed by atoms with E-state index in [4.69, 9.17) is 4.74 Å². The number of nitrogens with one attached hydrogen (secondary N) is 1. The molecule has 0 amide bonds. The lowest BCUT2D eigenvalue weighted by Crippen LogP contribution is -2.40. The van der Waals surface area contributed by atoms with Crippen molar-refractivity contribution in [3.8, 4) is 0 Å². The SMILES string of the molecule is CCNC(c1cc(Br)c(C)s1)C1(C)CCCO1. The van der Waals surface area contributed by atoms with Gasteiger partial charge in [-0.2, -0.15) is 0 Å². The minimum atomic E-state index is -0.0489. The Kier molecular flexibility index (Phi) is 4.29. The van der Waals surface area contributed by atoms with Crippen molar-refractivity contribution in [1.29, 1.82) is 0 Å². The van der Waals surface area contributed by atoms with E-state index in [1.807, 2.05) is 11.3 Å². The van der Waals surface area contributed by atoms with Crippen LogP contribution in [0.4, 0.5) is 0 Å². The lowest BCUT2D eigenvalue weighted by Gasteiger charge is -2.33. The van der Waals surface area contributed by atoms with Crippen LogP contribution in [0.5, 0.6) is 0 Å². The van der Waals surface area contributed by atoms with Gasteiger partial charge in [-0.15, -0.1) is 11.3 Å². The zero-order valence-corrected chi connectivity index (χ0v) is 13.1. The predicted octanol–water partition coefficient (Wildman–Crippen LogP) is 4.04. The van der Waals surface area contributed by atoms with E-state index in [1.54, 1.807) is 0 Å². The quantitative estimate of drug-likeness (QED) is 0.905. The van der Waals surface area contributed by atoms with Crippen molar-refractivity contribution in [2.75, 3.05) is 13.2 Å². The van der Waals surface area contributed by atoms with Gasteiger partial charge in [-0.1, -0.05) is 6.92 Å². The topological polar surface area (TPSA) is 21.3 Å². The van der Waals surface area contributed by atoms with Crippen LogP contribution in [-0.4, -0.2) is 18.8 Å². The molecule has 1 aromatic heterocycles. The molecule has 2 unspecified atom stereocenters. The molecule has 96 valence electrons. The maximum Gasteiger partial charge on any atom is 0.0857 e. The maximum atomic E-state index is 5.99. The predicted molar refractivity (Wildman–Crippen MR) is 76.8 cm³/mol. The molecule has 0 radical (unpaired) electrons. The highest BCUT2D eigenvalue weighted by Gasteiger charge is 2.39. The molecule has 0 aliphatic carbocycles. The first kappa shape index (κ1) is 13.5. The first-order valence-corrected chi connectivity index (χ1v) is 7.81. The molecule has 1 aliphatic rings. The second-order valence-corrected chi connectivity index (χ2v) is 6.95. The largest absolute Gasteiger partial charge is 0.373 e. The normalized spacial score (nSPS) is 26.4. The summed E-state index contributed by atoms with van der Waals surface area (Å²) >= 11 is 5.46. The first-order valence-electron chi connectivity index (χ1n) is 6.20. The summed E-state index contributed by atoms with van der Waals surface area (Å²) in [6.45, 7) is 8.40. The zero-order valence-electron chi connectivity index (χ0n) is 10.7. The lowest BCUT2D eigenvalue weighted by atomic mass is 9.92. The number of halogens is 1. The Hall–Kier alpha value is 0.1000. The highest BCUT2D eigenvalue weighted by atomic mass is 79.9. The van der Waals surface area contributed by atoms with Crippen LogP contribution in [0.15, 0.2) is 10.5 Å². The summed E-state index contributed by atoms with van der Waals surface area (Å²) < 4.78 is 7.20. The summed E-state index contributed by atoms with van der Waals surface area (Å²) in [5, 5.41) is 3.59. The van der Waals surface area contributed by atoms with Gasteiger partial charge in [0.05, 0.1) is 11.6 Å². The van der Waals surface area contributed by atoms with Gasteiger partial charge < -0.3 is 10.1 Å². The van der Waals surface area contributed by atoms with Gasteiger partial charge in [0, 0.05) is 20.8 Å². The van der Waals surface area contributed by atoms with Crippen molar-refractivity contribution in [3.63, 3.8) is 0 Å². The summed E-state index contributed by atoms with van der Waals surface area (Å²) in [5.74, 6) is 0. The molecule has 2 nitrogen and oxygen atoms in total. The van der Waals surface area contributed by atoms with Crippen molar-refractivity contribution >= 4 is 27.3 Å². The van der Waals surface area contributed by atoms with E-state index in [2.05, 4.69) is 48.1 Å². The van der Waals surface area contributed by atoms with E-state index in [0.717, 1.165) is 19.6 Å². The Labute approximate surface area is 116 Å². The van der Waals surface area contributed by atoms with Gasteiger partial charge >= 0.3 is 0 Å². The van der Waals surface area contributed by atoms with E-state index in [1.165, 1.54) is 20.6 Å². The maximum absolute atomic E-state index is 5.99.